The summed E-state index contributed by atoms with van der Waals surface area (Å²) in [5, 5.41) is 0.455. The summed E-state index contributed by atoms with van der Waals surface area (Å²) < 4.78 is 43.5. The molecular weight excluding hydrogens is 513 g/mol. The van der Waals surface area contributed by atoms with Gasteiger partial charge in [-0.2, -0.15) is 13.2 Å². The SMILES string of the molecule is CSN(C)C1CCN(C2CCN(C(=O)c3ncnc(-n4ccc5cc(C(F)(F)F)ccc54)c3C)CC2)CC1. The number of amides is 1. The second-order valence-electron chi connectivity index (χ2n) is 10.1. The highest BCUT2D eigenvalue weighted by Crippen LogP contribution is 2.33. The van der Waals surface area contributed by atoms with Crippen molar-refractivity contribution in [2.24, 2.45) is 0 Å². The molecule has 1 amide bonds. The van der Waals surface area contributed by atoms with Crippen LogP contribution in [0.25, 0.3) is 16.7 Å². The van der Waals surface area contributed by atoms with E-state index in [2.05, 4.69) is 32.5 Å². The van der Waals surface area contributed by atoms with Crippen molar-refractivity contribution in [3.8, 4) is 5.82 Å². The van der Waals surface area contributed by atoms with E-state index >= 15 is 0 Å². The third kappa shape index (κ3) is 5.28. The standard InChI is InChI=1S/C27H33F3N6OS/c1-18-24(26(37)35-13-9-22(10-14-35)34-11-7-21(8-12-34)33(2)38-3)31-17-32-25(18)36-15-6-19-16-20(27(28,29)30)4-5-23(19)36/h4-6,15-17,21-22H,7-14H2,1-3H3. The highest BCUT2D eigenvalue weighted by molar-refractivity contribution is 7.96. The quantitative estimate of drug-likeness (QED) is 0.419. The molecule has 2 aliphatic rings. The predicted molar refractivity (Wildman–Crippen MR) is 143 cm³/mol. The second kappa shape index (κ2) is 10.9. The topological polar surface area (TPSA) is 57.5 Å². The van der Waals surface area contributed by atoms with E-state index in [-0.39, 0.29) is 5.91 Å². The first kappa shape index (κ1) is 27.0. The number of alkyl halides is 3. The molecule has 0 spiro atoms. The van der Waals surface area contributed by atoms with E-state index < -0.39 is 11.7 Å². The molecule has 4 heterocycles. The maximum atomic E-state index is 13.5. The van der Waals surface area contributed by atoms with Gasteiger partial charge in [-0.05, 0) is 83.3 Å². The minimum Gasteiger partial charge on any atom is -0.337 e. The molecule has 11 heteroatoms. The second-order valence-corrected chi connectivity index (χ2v) is 11.1. The van der Waals surface area contributed by atoms with Crippen LogP contribution in [-0.4, -0.2) is 86.1 Å². The summed E-state index contributed by atoms with van der Waals surface area (Å²) in [6.45, 7) is 5.34. The Bertz CT molecular complexity index is 1300. The molecule has 38 heavy (non-hydrogen) atoms. The summed E-state index contributed by atoms with van der Waals surface area (Å²) >= 11 is 1.79. The first-order valence-corrected chi connectivity index (χ1v) is 14.2. The first-order valence-electron chi connectivity index (χ1n) is 13.0. The Hall–Kier alpha value is -2.63. The van der Waals surface area contributed by atoms with Crippen LogP contribution in [0.5, 0.6) is 0 Å². The zero-order valence-electron chi connectivity index (χ0n) is 21.9. The fourth-order valence-corrected chi connectivity index (χ4v) is 6.26. The Kier molecular flexibility index (Phi) is 7.70. The zero-order valence-corrected chi connectivity index (χ0v) is 22.7. The molecular formula is C27H33F3N6OS. The van der Waals surface area contributed by atoms with Crippen LogP contribution < -0.4 is 0 Å². The van der Waals surface area contributed by atoms with E-state index in [0.29, 0.717) is 53.2 Å². The molecule has 0 N–H and O–H groups in total. The summed E-state index contributed by atoms with van der Waals surface area (Å²) in [4.78, 5) is 26.6. The van der Waals surface area contributed by atoms with Gasteiger partial charge in [-0.25, -0.2) is 9.97 Å². The van der Waals surface area contributed by atoms with Gasteiger partial charge in [0.1, 0.15) is 17.8 Å². The minimum atomic E-state index is -4.41. The number of likely N-dealkylation sites (tertiary alicyclic amines) is 2. The average Bonchev–Trinajstić information content (AvgIpc) is 3.35. The summed E-state index contributed by atoms with van der Waals surface area (Å²) in [6.07, 6.45) is 4.97. The van der Waals surface area contributed by atoms with Crippen LogP contribution >= 0.6 is 11.9 Å². The van der Waals surface area contributed by atoms with Gasteiger partial charge in [-0.1, -0.05) is 11.9 Å². The number of rotatable bonds is 5. The summed E-state index contributed by atoms with van der Waals surface area (Å²) in [5.41, 5.74) is 0.838. The largest absolute Gasteiger partial charge is 0.416 e. The lowest BCUT2D eigenvalue weighted by atomic mass is 9.97. The minimum absolute atomic E-state index is 0.124. The molecule has 204 valence electrons. The van der Waals surface area contributed by atoms with Crippen LogP contribution in [-0.2, 0) is 6.18 Å². The summed E-state index contributed by atoms with van der Waals surface area (Å²) in [5.74, 6) is 0.367. The lowest BCUT2D eigenvalue weighted by Crippen LogP contribution is -2.50. The van der Waals surface area contributed by atoms with Crippen LogP contribution in [0.3, 0.4) is 0 Å². The number of halogens is 3. The summed E-state index contributed by atoms with van der Waals surface area (Å²) in [7, 11) is 2.16. The molecule has 0 atom stereocenters. The predicted octanol–water partition coefficient (Wildman–Crippen LogP) is 5.03. The van der Waals surface area contributed by atoms with Gasteiger partial charge in [0.15, 0.2) is 0 Å². The van der Waals surface area contributed by atoms with Crippen molar-refractivity contribution in [3.05, 3.63) is 53.6 Å². The van der Waals surface area contributed by atoms with E-state index in [1.165, 1.54) is 25.2 Å². The Morgan fingerprint density at radius 3 is 2.42 bits per heavy atom. The van der Waals surface area contributed by atoms with Gasteiger partial charge in [-0.15, -0.1) is 0 Å². The average molecular weight is 547 g/mol. The number of hydrogen-bond donors (Lipinski definition) is 0. The Balaban J connectivity index is 1.27. The van der Waals surface area contributed by atoms with Crippen LogP contribution in [0.15, 0.2) is 36.8 Å². The highest BCUT2D eigenvalue weighted by Gasteiger charge is 2.33. The molecule has 0 radical (unpaired) electrons. The Morgan fingerprint density at radius 2 is 1.76 bits per heavy atom. The third-order valence-corrected chi connectivity index (χ3v) is 8.95. The number of fused-ring (bicyclic) bond motifs is 1. The highest BCUT2D eigenvalue weighted by atomic mass is 32.2. The Morgan fingerprint density at radius 1 is 1.05 bits per heavy atom. The molecule has 2 aliphatic heterocycles. The van der Waals surface area contributed by atoms with Crippen molar-refractivity contribution < 1.29 is 18.0 Å². The van der Waals surface area contributed by atoms with Crippen molar-refractivity contribution in [3.63, 3.8) is 0 Å². The molecule has 0 saturated carbocycles. The van der Waals surface area contributed by atoms with Crippen molar-refractivity contribution >= 4 is 28.8 Å². The summed E-state index contributed by atoms with van der Waals surface area (Å²) in [6, 6.07) is 6.38. The zero-order chi connectivity index (χ0) is 27.0. The maximum Gasteiger partial charge on any atom is 0.416 e. The number of benzene rings is 1. The fourth-order valence-electron chi connectivity index (χ4n) is 5.75. The number of hydrogen-bond acceptors (Lipinski definition) is 6. The molecule has 0 unspecified atom stereocenters. The van der Waals surface area contributed by atoms with Gasteiger partial charge in [-0.3, -0.25) is 9.10 Å². The molecule has 0 aliphatic carbocycles. The van der Waals surface area contributed by atoms with Crippen molar-refractivity contribution in [2.45, 2.75) is 50.9 Å². The molecule has 2 fully saturated rings. The van der Waals surface area contributed by atoms with Gasteiger partial charge in [0.05, 0.1) is 11.1 Å². The van der Waals surface area contributed by atoms with E-state index in [1.807, 2.05) is 4.90 Å². The molecule has 5 rings (SSSR count). The third-order valence-electron chi connectivity index (χ3n) is 8.08. The van der Waals surface area contributed by atoms with Crippen molar-refractivity contribution in [1.29, 1.82) is 0 Å². The lowest BCUT2D eigenvalue weighted by Gasteiger charge is -2.43. The van der Waals surface area contributed by atoms with Crippen LogP contribution in [0.4, 0.5) is 13.2 Å². The van der Waals surface area contributed by atoms with Gasteiger partial charge in [0.2, 0.25) is 0 Å². The Labute approximate surface area is 225 Å². The van der Waals surface area contributed by atoms with Gasteiger partial charge < -0.3 is 14.4 Å². The number of carbonyl (C=O) groups excluding carboxylic acids is 1. The molecule has 1 aromatic carbocycles. The number of piperidine rings is 2. The monoisotopic (exact) mass is 546 g/mol. The van der Waals surface area contributed by atoms with Crippen molar-refractivity contribution in [1.82, 2.24) is 28.6 Å². The van der Waals surface area contributed by atoms with Crippen LogP contribution in [0.2, 0.25) is 0 Å². The first-order chi connectivity index (χ1) is 18.2. The van der Waals surface area contributed by atoms with Crippen LogP contribution in [0.1, 0.15) is 47.3 Å². The molecule has 2 saturated heterocycles. The number of nitrogens with zero attached hydrogens (tertiary/aromatic N) is 6. The molecule has 7 nitrogen and oxygen atoms in total. The van der Waals surface area contributed by atoms with Crippen molar-refractivity contribution in [2.75, 3.05) is 39.5 Å². The number of aromatic nitrogens is 3. The van der Waals surface area contributed by atoms with Gasteiger partial charge in [0.25, 0.3) is 5.91 Å². The van der Waals surface area contributed by atoms with E-state index in [4.69, 9.17) is 0 Å². The van der Waals surface area contributed by atoms with Gasteiger partial charge >= 0.3 is 6.18 Å². The molecule has 3 aromatic rings. The van der Waals surface area contributed by atoms with E-state index in [0.717, 1.165) is 38.1 Å². The smallest absolute Gasteiger partial charge is 0.337 e. The molecule has 0 bridgehead atoms. The maximum absolute atomic E-state index is 13.5. The van der Waals surface area contributed by atoms with E-state index in [1.54, 1.807) is 35.7 Å². The van der Waals surface area contributed by atoms with Crippen LogP contribution in [0, 0.1) is 6.92 Å². The van der Waals surface area contributed by atoms with Gasteiger partial charge in [0, 0.05) is 42.3 Å². The lowest BCUT2D eigenvalue weighted by molar-refractivity contribution is -0.137. The molecule has 2 aromatic heterocycles. The normalized spacial score (nSPS) is 18.6. The number of carbonyl (C=O) groups is 1. The fraction of sp³-hybridized carbons (Fsp3) is 0.519. The van der Waals surface area contributed by atoms with E-state index in [9.17, 15) is 18.0 Å².